The van der Waals surface area contributed by atoms with Crippen LogP contribution in [-0.2, 0) is 0 Å². The number of rotatable bonds is 2. The van der Waals surface area contributed by atoms with Gasteiger partial charge >= 0.3 is 0 Å². The van der Waals surface area contributed by atoms with Gasteiger partial charge in [-0.15, -0.1) is 11.3 Å². The summed E-state index contributed by atoms with van der Waals surface area (Å²) in [4.78, 5) is 5.07. The highest BCUT2D eigenvalue weighted by molar-refractivity contribution is 7.25. The zero-order valence-electron chi connectivity index (χ0n) is 20.9. The molecule has 4 aromatic heterocycles. The first-order chi connectivity index (χ1) is 19.4. The summed E-state index contributed by atoms with van der Waals surface area (Å²) in [5.74, 6) is 0.939. The predicted octanol–water partition coefficient (Wildman–Crippen LogP) is 9.64. The lowest BCUT2D eigenvalue weighted by atomic mass is 10.1. The summed E-state index contributed by atoms with van der Waals surface area (Å²) in [5.41, 5.74) is 5.90. The molecule has 0 aliphatic heterocycles. The minimum atomic E-state index is 0.939. The van der Waals surface area contributed by atoms with Gasteiger partial charge in [0, 0.05) is 48.9 Å². The van der Waals surface area contributed by atoms with Gasteiger partial charge in [0.1, 0.15) is 5.82 Å². The lowest BCUT2D eigenvalue weighted by Crippen LogP contribution is -2.00. The van der Waals surface area contributed by atoms with Gasteiger partial charge < -0.3 is 4.57 Å². The fourth-order valence-corrected chi connectivity index (χ4v) is 7.38. The van der Waals surface area contributed by atoms with Crippen LogP contribution in [0.4, 0.5) is 0 Å². The first-order valence-corrected chi connectivity index (χ1v) is 14.0. The maximum Gasteiger partial charge on any atom is 0.138 e. The Labute approximate surface area is 227 Å². The van der Waals surface area contributed by atoms with Crippen LogP contribution in [0.2, 0.25) is 0 Å². The number of aromatic nitrogens is 3. The molecule has 5 aromatic carbocycles. The number of hydrogen-bond donors (Lipinski definition) is 0. The smallest absolute Gasteiger partial charge is 0.138 e. The molecule has 0 fully saturated rings. The van der Waals surface area contributed by atoms with Crippen molar-refractivity contribution in [1.29, 1.82) is 0 Å². The summed E-state index contributed by atoms with van der Waals surface area (Å²) < 4.78 is 7.29. The van der Waals surface area contributed by atoms with Gasteiger partial charge in [-0.25, -0.2) is 4.98 Å². The highest BCUT2D eigenvalue weighted by atomic mass is 32.1. The zero-order valence-corrected chi connectivity index (χ0v) is 21.7. The number of hydrogen-bond acceptors (Lipinski definition) is 2. The number of pyridine rings is 1. The second kappa shape index (κ2) is 7.79. The molecule has 182 valence electrons. The van der Waals surface area contributed by atoms with E-state index in [2.05, 4.69) is 130 Å². The van der Waals surface area contributed by atoms with Crippen molar-refractivity contribution in [3.8, 4) is 11.5 Å². The van der Waals surface area contributed by atoms with Crippen molar-refractivity contribution in [2.45, 2.75) is 0 Å². The molecule has 4 heteroatoms. The average molecular weight is 516 g/mol. The highest BCUT2D eigenvalue weighted by Crippen LogP contribution is 2.42. The molecule has 9 rings (SSSR count). The van der Waals surface area contributed by atoms with E-state index in [1.165, 1.54) is 58.3 Å². The van der Waals surface area contributed by atoms with Crippen LogP contribution in [0.3, 0.4) is 0 Å². The van der Waals surface area contributed by atoms with Crippen molar-refractivity contribution in [2.24, 2.45) is 0 Å². The van der Waals surface area contributed by atoms with Crippen LogP contribution < -0.4 is 0 Å². The highest BCUT2D eigenvalue weighted by Gasteiger charge is 2.21. The molecule has 0 spiro atoms. The third-order valence-corrected chi connectivity index (χ3v) is 9.08. The van der Waals surface area contributed by atoms with Crippen molar-refractivity contribution in [1.82, 2.24) is 14.1 Å². The first kappa shape index (κ1) is 21.1. The topological polar surface area (TPSA) is 22.8 Å². The molecule has 0 radical (unpaired) electrons. The quantitative estimate of drug-likeness (QED) is 0.225. The molecule has 0 atom stereocenters. The predicted molar refractivity (Wildman–Crippen MR) is 166 cm³/mol. The minimum Gasteiger partial charge on any atom is -0.307 e. The number of benzene rings is 5. The van der Waals surface area contributed by atoms with Crippen LogP contribution >= 0.6 is 11.3 Å². The lowest BCUT2D eigenvalue weighted by molar-refractivity contribution is 1.09. The van der Waals surface area contributed by atoms with Gasteiger partial charge in [0.2, 0.25) is 0 Å². The maximum absolute atomic E-state index is 5.07. The van der Waals surface area contributed by atoms with Crippen LogP contribution in [0, 0.1) is 0 Å². The molecule has 0 saturated heterocycles. The third-order valence-electron chi connectivity index (χ3n) is 7.96. The van der Waals surface area contributed by atoms with E-state index in [0.29, 0.717) is 0 Å². The van der Waals surface area contributed by atoms with Crippen LogP contribution in [-0.4, -0.2) is 14.1 Å². The average Bonchev–Trinajstić information content (AvgIpc) is 3.65. The minimum absolute atomic E-state index is 0.939. The van der Waals surface area contributed by atoms with Crippen molar-refractivity contribution < 1.29 is 0 Å². The second-order valence-corrected chi connectivity index (χ2v) is 11.1. The lowest BCUT2D eigenvalue weighted by Gasteiger charge is -2.12. The van der Waals surface area contributed by atoms with E-state index in [1.807, 2.05) is 6.20 Å². The van der Waals surface area contributed by atoms with Gasteiger partial charge in [-0.1, -0.05) is 84.9 Å². The van der Waals surface area contributed by atoms with E-state index in [1.54, 1.807) is 11.3 Å². The summed E-state index contributed by atoms with van der Waals surface area (Å²) in [6.45, 7) is 0. The molecule has 0 amide bonds. The molecule has 0 saturated carbocycles. The molecule has 4 heterocycles. The monoisotopic (exact) mass is 515 g/mol. The molecule has 0 unspecified atom stereocenters. The van der Waals surface area contributed by atoms with Crippen LogP contribution in [0.25, 0.3) is 75.3 Å². The zero-order chi connectivity index (χ0) is 25.5. The van der Waals surface area contributed by atoms with Gasteiger partial charge in [-0.05, 0) is 36.4 Å². The van der Waals surface area contributed by atoms with E-state index in [4.69, 9.17) is 4.98 Å². The van der Waals surface area contributed by atoms with Crippen molar-refractivity contribution in [3.63, 3.8) is 0 Å². The van der Waals surface area contributed by atoms with Crippen LogP contribution in [0.1, 0.15) is 0 Å². The van der Waals surface area contributed by atoms with E-state index >= 15 is 0 Å². The molecule has 0 bridgehead atoms. The first-order valence-electron chi connectivity index (χ1n) is 13.2. The fourth-order valence-electron chi connectivity index (χ4n) is 6.33. The molecule has 39 heavy (non-hydrogen) atoms. The normalized spacial score (nSPS) is 12.1. The number of fused-ring (bicyclic) bond motifs is 10. The van der Waals surface area contributed by atoms with Gasteiger partial charge in [-0.2, -0.15) is 0 Å². The van der Waals surface area contributed by atoms with E-state index in [-0.39, 0.29) is 0 Å². The second-order valence-electron chi connectivity index (χ2n) is 10.0. The molecule has 0 aliphatic carbocycles. The molecular formula is C35H21N3S. The summed E-state index contributed by atoms with van der Waals surface area (Å²) in [7, 11) is 0. The van der Waals surface area contributed by atoms with Gasteiger partial charge in [0.25, 0.3) is 0 Å². The van der Waals surface area contributed by atoms with Crippen molar-refractivity contribution in [2.75, 3.05) is 0 Å². The van der Waals surface area contributed by atoms with E-state index in [0.717, 1.165) is 17.0 Å². The standard InChI is InChI=1S/C35H21N3S/c1-2-10-22(11-3-1)37-29-15-7-4-12-23(29)26-18-19-27-24-13-5-8-16-30(24)38(35(27)34(26)37)33-20-28-25-14-6-9-17-31(25)39-32(28)21-36-33/h1-21H. The Morgan fingerprint density at radius 2 is 1.05 bits per heavy atom. The largest absolute Gasteiger partial charge is 0.307 e. The third kappa shape index (κ3) is 2.84. The van der Waals surface area contributed by atoms with Gasteiger partial charge in [0.15, 0.2) is 0 Å². The number of para-hydroxylation sites is 3. The molecular weight excluding hydrogens is 494 g/mol. The van der Waals surface area contributed by atoms with Crippen molar-refractivity contribution in [3.05, 3.63) is 128 Å². The Morgan fingerprint density at radius 3 is 1.79 bits per heavy atom. The Morgan fingerprint density at radius 1 is 0.462 bits per heavy atom. The Bertz CT molecular complexity index is 2390. The SMILES string of the molecule is c1ccc(-n2c3ccccc3c3ccc4c5ccccc5n(-c5cc6c(cn5)sc5ccccc56)c4c32)cc1. The molecule has 9 aromatic rings. The summed E-state index contributed by atoms with van der Waals surface area (Å²) in [5, 5.41) is 7.50. The van der Waals surface area contributed by atoms with Crippen LogP contribution in [0.5, 0.6) is 0 Å². The Kier molecular flexibility index (Phi) is 4.21. The maximum atomic E-state index is 5.07. The summed E-state index contributed by atoms with van der Waals surface area (Å²) >= 11 is 1.80. The van der Waals surface area contributed by atoms with Gasteiger partial charge in [0.05, 0.1) is 26.8 Å². The molecule has 0 aliphatic rings. The Balaban J connectivity index is 1.51. The number of nitrogens with zero attached hydrogens (tertiary/aromatic N) is 3. The van der Waals surface area contributed by atoms with Crippen molar-refractivity contribution >= 4 is 75.1 Å². The molecule has 3 nitrogen and oxygen atoms in total. The van der Waals surface area contributed by atoms with E-state index < -0.39 is 0 Å². The number of thiophene rings is 1. The summed E-state index contributed by atoms with van der Waals surface area (Å²) in [6.07, 6.45) is 2.04. The fraction of sp³-hybridized carbons (Fsp3) is 0. The molecule has 0 N–H and O–H groups in total. The van der Waals surface area contributed by atoms with Gasteiger partial charge in [-0.3, -0.25) is 4.57 Å². The van der Waals surface area contributed by atoms with E-state index in [9.17, 15) is 0 Å². The summed E-state index contributed by atoms with van der Waals surface area (Å²) in [6, 6.07) is 43.6. The Hall–Kier alpha value is -4.93. The van der Waals surface area contributed by atoms with Crippen LogP contribution in [0.15, 0.2) is 128 Å².